The fourth-order valence-electron chi connectivity index (χ4n) is 2.00. The summed E-state index contributed by atoms with van der Waals surface area (Å²) in [5, 5.41) is 14.0. The van der Waals surface area contributed by atoms with Gasteiger partial charge in [-0.1, -0.05) is 11.2 Å². The molecule has 0 aliphatic heterocycles. The molecule has 5 nitrogen and oxygen atoms in total. The van der Waals surface area contributed by atoms with Crippen LogP contribution in [0.25, 0.3) is 0 Å². The Hall–Kier alpha value is -2.18. The Kier molecular flexibility index (Phi) is 3.87. The molecule has 0 aromatic heterocycles. The van der Waals surface area contributed by atoms with E-state index in [0.717, 1.165) is 18.9 Å². The number of nitrogens with zero attached hydrogens (tertiary/aromatic N) is 1. The van der Waals surface area contributed by atoms with E-state index in [2.05, 4.69) is 10.5 Å². The highest BCUT2D eigenvalue weighted by Crippen LogP contribution is 2.33. The summed E-state index contributed by atoms with van der Waals surface area (Å²) >= 11 is 0. The molecule has 0 spiro atoms. The third kappa shape index (κ3) is 2.71. The Balaban J connectivity index is 2.25. The number of nitrogens with one attached hydrogen (secondary N) is 1. The highest BCUT2D eigenvalue weighted by Gasteiger charge is 2.36. The van der Waals surface area contributed by atoms with Crippen molar-refractivity contribution in [2.24, 2.45) is 16.8 Å². The van der Waals surface area contributed by atoms with Gasteiger partial charge in [-0.25, -0.2) is 8.78 Å². The van der Waals surface area contributed by atoms with Gasteiger partial charge in [-0.2, -0.15) is 0 Å². The van der Waals surface area contributed by atoms with Gasteiger partial charge in [0.1, 0.15) is 17.2 Å². The van der Waals surface area contributed by atoms with Crippen LogP contribution in [-0.4, -0.2) is 23.0 Å². The van der Waals surface area contributed by atoms with E-state index in [4.69, 9.17) is 10.9 Å². The lowest BCUT2D eigenvalue weighted by Gasteiger charge is -2.17. The maximum atomic E-state index is 13.9. The lowest BCUT2D eigenvalue weighted by molar-refractivity contribution is 0.0934. The van der Waals surface area contributed by atoms with Gasteiger partial charge in [-0.05, 0) is 37.3 Å². The molecule has 1 atom stereocenters. The van der Waals surface area contributed by atoms with Crippen LogP contribution >= 0.6 is 0 Å². The molecule has 1 unspecified atom stereocenters. The number of oxime groups is 1. The van der Waals surface area contributed by atoms with Crippen molar-refractivity contribution in [3.63, 3.8) is 0 Å². The minimum Gasteiger partial charge on any atom is -0.409 e. The van der Waals surface area contributed by atoms with Gasteiger partial charge in [0.05, 0.1) is 6.04 Å². The molecule has 0 heterocycles. The molecule has 0 bridgehead atoms. The van der Waals surface area contributed by atoms with Crippen molar-refractivity contribution in [3.05, 3.63) is 34.9 Å². The van der Waals surface area contributed by atoms with Crippen LogP contribution in [0.2, 0.25) is 0 Å². The maximum absolute atomic E-state index is 13.9. The first-order chi connectivity index (χ1) is 9.45. The molecule has 7 heteroatoms. The molecular weight excluding hydrogens is 268 g/mol. The van der Waals surface area contributed by atoms with Crippen molar-refractivity contribution in [2.45, 2.75) is 25.8 Å². The third-order valence-corrected chi connectivity index (χ3v) is 3.33. The normalized spacial score (nSPS) is 16.9. The van der Waals surface area contributed by atoms with Crippen molar-refractivity contribution in [1.82, 2.24) is 5.32 Å². The molecule has 1 aromatic carbocycles. The summed E-state index contributed by atoms with van der Waals surface area (Å²) in [4.78, 5) is 12.0. The number of amides is 1. The summed E-state index contributed by atoms with van der Waals surface area (Å²) < 4.78 is 27.5. The van der Waals surface area contributed by atoms with Crippen LogP contribution in [0.15, 0.2) is 17.3 Å². The fraction of sp³-hybridized carbons (Fsp3) is 0.385. The summed E-state index contributed by atoms with van der Waals surface area (Å²) in [5.74, 6) is -2.90. The van der Waals surface area contributed by atoms with E-state index in [1.807, 2.05) is 0 Å². The number of nitrogens with two attached hydrogens (primary N) is 1. The van der Waals surface area contributed by atoms with Gasteiger partial charge in [0.2, 0.25) is 0 Å². The predicted molar refractivity (Wildman–Crippen MR) is 68.5 cm³/mol. The van der Waals surface area contributed by atoms with Gasteiger partial charge >= 0.3 is 0 Å². The molecule has 1 saturated carbocycles. The van der Waals surface area contributed by atoms with Crippen molar-refractivity contribution in [3.8, 4) is 0 Å². The minimum absolute atomic E-state index is 0.0331. The smallest absolute Gasteiger partial charge is 0.257 e. The Labute approximate surface area is 114 Å². The topological polar surface area (TPSA) is 87.7 Å². The molecule has 1 aromatic rings. The van der Waals surface area contributed by atoms with Gasteiger partial charge in [0.25, 0.3) is 5.91 Å². The first-order valence-electron chi connectivity index (χ1n) is 6.18. The van der Waals surface area contributed by atoms with E-state index < -0.39 is 29.1 Å². The van der Waals surface area contributed by atoms with Crippen LogP contribution in [0.3, 0.4) is 0 Å². The average molecular weight is 283 g/mol. The molecule has 4 N–H and O–H groups in total. The van der Waals surface area contributed by atoms with E-state index in [1.165, 1.54) is 13.0 Å². The number of hydrogen-bond donors (Lipinski definition) is 3. The maximum Gasteiger partial charge on any atom is 0.257 e. The number of rotatable bonds is 4. The molecule has 20 heavy (non-hydrogen) atoms. The monoisotopic (exact) mass is 283 g/mol. The summed E-state index contributed by atoms with van der Waals surface area (Å²) in [6, 6.07) is 1.57. The SMILES string of the molecule is Cc1ccc(F)c(C(=O)NC(/C(N)=N/O)C2CC2)c1F. The highest BCUT2D eigenvalue weighted by molar-refractivity contribution is 5.99. The number of carbonyl (C=O) groups is 1. The molecule has 2 rings (SSSR count). The lowest BCUT2D eigenvalue weighted by Crippen LogP contribution is -2.46. The van der Waals surface area contributed by atoms with E-state index in [-0.39, 0.29) is 17.3 Å². The van der Waals surface area contributed by atoms with Crippen LogP contribution < -0.4 is 11.1 Å². The van der Waals surface area contributed by atoms with Gasteiger partial charge in [-0.15, -0.1) is 0 Å². The first-order valence-corrected chi connectivity index (χ1v) is 6.18. The van der Waals surface area contributed by atoms with Crippen LogP contribution in [0.1, 0.15) is 28.8 Å². The molecule has 1 aliphatic rings. The lowest BCUT2D eigenvalue weighted by atomic mass is 10.1. The highest BCUT2D eigenvalue weighted by atomic mass is 19.1. The third-order valence-electron chi connectivity index (χ3n) is 3.33. The summed E-state index contributed by atoms with van der Waals surface area (Å²) in [6.45, 7) is 1.44. The quantitative estimate of drug-likeness (QED) is 0.339. The zero-order valence-electron chi connectivity index (χ0n) is 10.9. The van der Waals surface area contributed by atoms with E-state index >= 15 is 0 Å². The standard InChI is InChI=1S/C13H15F2N3O2/c1-6-2-5-8(14)9(10(6)15)13(19)17-11(7-3-4-7)12(16)18-20/h2,5,7,11,20H,3-4H2,1H3,(H2,16,18)(H,17,19). The Morgan fingerprint density at radius 1 is 1.50 bits per heavy atom. The Bertz CT molecular complexity index is 571. The number of amidine groups is 1. The number of benzene rings is 1. The molecule has 0 radical (unpaired) electrons. The van der Waals surface area contributed by atoms with Gasteiger partial charge in [0.15, 0.2) is 5.84 Å². The Morgan fingerprint density at radius 2 is 2.15 bits per heavy atom. The first kappa shape index (κ1) is 14.2. The second kappa shape index (κ2) is 5.44. The van der Waals surface area contributed by atoms with Crippen molar-refractivity contribution < 1.29 is 18.8 Å². The molecular formula is C13H15F2N3O2. The summed E-state index contributed by atoms with van der Waals surface area (Å²) in [5.41, 5.74) is 5.01. The zero-order chi connectivity index (χ0) is 14.9. The van der Waals surface area contributed by atoms with Crippen LogP contribution in [0.4, 0.5) is 8.78 Å². The molecule has 1 amide bonds. The molecule has 1 fully saturated rings. The van der Waals surface area contributed by atoms with E-state index in [1.54, 1.807) is 0 Å². The number of aryl methyl sites for hydroxylation is 1. The number of hydrogen-bond acceptors (Lipinski definition) is 3. The second-order valence-corrected chi connectivity index (χ2v) is 4.87. The van der Waals surface area contributed by atoms with Crippen molar-refractivity contribution in [2.75, 3.05) is 0 Å². The summed E-state index contributed by atoms with van der Waals surface area (Å²) in [7, 11) is 0. The second-order valence-electron chi connectivity index (χ2n) is 4.87. The van der Waals surface area contributed by atoms with Crippen molar-refractivity contribution >= 4 is 11.7 Å². The molecule has 0 saturated heterocycles. The van der Waals surface area contributed by atoms with Crippen LogP contribution in [-0.2, 0) is 0 Å². The van der Waals surface area contributed by atoms with Gasteiger partial charge in [0, 0.05) is 0 Å². The largest absolute Gasteiger partial charge is 0.409 e. The fourth-order valence-corrected chi connectivity index (χ4v) is 2.00. The van der Waals surface area contributed by atoms with Gasteiger partial charge in [-0.3, -0.25) is 4.79 Å². The van der Waals surface area contributed by atoms with E-state index in [0.29, 0.717) is 0 Å². The molecule has 1 aliphatic carbocycles. The Morgan fingerprint density at radius 3 is 2.70 bits per heavy atom. The number of halogens is 2. The van der Waals surface area contributed by atoms with E-state index in [9.17, 15) is 13.6 Å². The zero-order valence-corrected chi connectivity index (χ0v) is 10.9. The summed E-state index contributed by atoms with van der Waals surface area (Å²) in [6.07, 6.45) is 1.61. The predicted octanol–water partition coefficient (Wildman–Crippen LogP) is 1.53. The molecule has 108 valence electrons. The van der Waals surface area contributed by atoms with Crippen LogP contribution in [0, 0.1) is 24.5 Å². The van der Waals surface area contributed by atoms with Crippen molar-refractivity contribution in [1.29, 1.82) is 0 Å². The minimum atomic E-state index is -0.945. The number of carbonyl (C=O) groups excluding carboxylic acids is 1. The average Bonchev–Trinajstić information content (AvgIpc) is 3.24. The van der Waals surface area contributed by atoms with Crippen LogP contribution in [0.5, 0.6) is 0 Å². The van der Waals surface area contributed by atoms with Gasteiger partial charge < -0.3 is 16.3 Å².